The molecule has 0 aliphatic carbocycles. The van der Waals surface area contributed by atoms with E-state index in [-0.39, 0.29) is 24.1 Å². The first-order chi connectivity index (χ1) is 10.0. The fourth-order valence-electron chi connectivity index (χ4n) is 1.82. The third-order valence-electron chi connectivity index (χ3n) is 2.96. The van der Waals surface area contributed by atoms with Crippen molar-refractivity contribution >= 4 is 17.5 Å². The Morgan fingerprint density at radius 3 is 2.48 bits per heavy atom. The number of anilines is 1. The van der Waals surface area contributed by atoms with Gasteiger partial charge in [-0.3, -0.25) is 9.59 Å². The number of nitrogens with zero attached hydrogens (tertiary/aromatic N) is 1. The van der Waals surface area contributed by atoms with E-state index in [1.54, 1.807) is 12.0 Å². The normalized spacial score (nSPS) is 10.2. The number of benzene rings is 1. The molecule has 0 radical (unpaired) electrons. The molecule has 1 N–H and O–H groups in total. The number of rotatable bonds is 8. The Hall–Kier alpha value is -1.95. The molecule has 0 aromatic heterocycles. The number of nitrogens with one attached hydrogen (secondary N) is 1. The lowest BCUT2D eigenvalue weighted by molar-refractivity contribution is -0.129. The molecule has 0 saturated heterocycles. The number of carbonyl (C=O) groups excluding carboxylic acids is 2. The van der Waals surface area contributed by atoms with Crippen LogP contribution < -0.4 is 5.32 Å². The molecule has 2 amide bonds. The fourth-order valence-corrected chi connectivity index (χ4v) is 1.82. The van der Waals surface area contributed by atoms with Crippen LogP contribution in [0.1, 0.15) is 19.8 Å². The van der Waals surface area contributed by atoms with Gasteiger partial charge >= 0.3 is 0 Å². The van der Waals surface area contributed by atoms with Crippen molar-refractivity contribution in [2.45, 2.75) is 19.8 Å². The van der Waals surface area contributed by atoms with Crippen LogP contribution in [0.4, 0.5) is 10.1 Å². The van der Waals surface area contributed by atoms with Crippen LogP contribution in [0.15, 0.2) is 24.3 Å². The topological polar surface area (TPSA) is 58.6 Å². The Labute approximate surface area is 124 Å². The van der Waals surface area contributed by atoms with Crippen molar-refractivity contribution in [3.05, 3.63) is 30.1 Å². The smallest absolute Gasteiger partial charge is 0.226 e. The standard InChI is InChI=1S/C15H21FN2O3/c1-12(19)18(9-3-11-21-2)10-8-15(20)17-14-6-4-13(16)5-7-14/h4-7H,3,8-11H2,1-2H3,(H,17,20). The van der Waals surface area contributed by atoms with Crippen LogP contribution in [-0.2, 0) is 14.3 Å². The van der Waals surface area contributed by atoms with Crippen LogP contribution in [0.5, 0.6) is 0 Å². The highest BCUT2D eigenvalue weighted by molar-refractivity contribution is 5.91. The maximum Gasteiger partial charge on any atom is 0.226 e. The summed E-state index contributed by atoms with van der Waals surface area (Å²) in [6.45, 7) is 2.97. The summed E-state index contributed by atoms with van der Waals surface area (Å²) in [7, 11) is 1.61. The summed E-state index contributed by atoms with van der Waals surface area (Å²) in [6, 6.07) is 5.55. The molecule has 0 bridgehead atoms. The highest BCUT2D eigenvalue weighted by atomic mass is 19.1. The molecule has 0 fully saturated rings. The first-order valence-corrected chi connectivity index (χ1v) is 6.83. The van der Waals surface area contributed by atoms with Crippen molar-refractivity contribution < 1.29 is 18.7 Å². The summed E-state index contributed by atoms with van der Waals surface area (Å²) in [4.78, 5) is 24.9. The van der Waals surface area contributed by atoms with Crippen molar-refractivity contribution in [2.75, 3.05) is 32.1 Å². The summed E-state index contributed by atoms with van der Waals surface area (Å²) < 4.78 is 17.7. The second kappa shape index (κ2) is 9.07. The molecule has 0 aliphatic heterocycles. The lowest BCUT2D eigenvalue weighted by Crippen LogP contribution is -2.33. The molecular weight excluding hydrogens is 275 g/mol. The van der Waals surface area contributed by atoms with E-state index in [0.717, 1.165) is 6.42 Å². The third kappa shape index (κ3) is 6.85. The Morgan fingerprint density at radius 2 is 1.90 bits per heavy atom. The van der Waals surface area contributed by atoms with Crippen LogP contribution in [0, 0.1) is 5.82 Å². The SMILES string of the molecule is COCCCN(CCC(=O)Nc1ccc(F)cc1)C(C)=O. The van der Waals surface area contributed by atoms with Crippen molar-refractivity contribution in [3.8, 4) is 0 Å². The van der Waals surface area contributed by atoms with Gasteiger partial charge in [-0.25, -0.2) is 4.39 Å². The highest BCUT2D eigenvalue weighted by Crippen LogP contribution is 2.08. The van der Waals surface area contributed by atoms with E-state index < -0.39 is 0 Å². The van der Waals surface area contributed by atoms with Crippen LogP contribution in [0.2, 0.25) is 0 Å². The molecule has 0 saturated carbocycles. The molecular formula is C15H21FN2O3. The molecule has 0 unspecified atom stereocenters. The first kappa shape index (κ1) is 17.1. The summed E-state index contributed by atoms with van der Waals surface area (Å²) in [5.41, 5.74) is 0.537. The lowest BCUT2D eigenvalue weighted by Gasteiger charge is -2.20. The Balaban J connectivity index is 2.38. The second-order valence-electron chi connectivity index (χ2n) is 4.66. The van der Waals surface area contributed by atoms with Crippen LogP contribution in [-0.4, -0.2) is 43.5 Å². The Morgan fingerprint density at radius 1 is 1.24 bits per heavy atom. The van der Waals surface area contributed by atoms with E-state index in [1.807, 2.05) is 0 Å². The van der Waals surface area contributed by atoms with E-state index >= 15 is 0 Å². The largest absolute Gasteiger partial charge is 0.385 e. The molecule has 0 atom stereocenters. The number of halogens is 1. The van der Waals surface area contributed by atoms with Gasteiger partial charge in [-0.2, -0.15) is 0 Å². The van der Waals surface area contributed by atoms with Gasteiger partial charge in [0.15, 0.2) is 0 Å². The van der Waals surface area contributed by atoms with Crippen molar-refractivity contribution in [1.82, 2.24) is 4.90 Å². The molecule has 116 valence electrons. The summed E-state index contributed by atoms with van der Waals surface area (Å²) in [6.07, 6.45) is 0.930. The van der Waals surface area contributed by atoms with Gasteiger partial charge in [0.25, 0.3) is 0 Å². The van der Waals surface area contributed by atoms with Gasteiger partial charge in [-0.1, -0.05) is 0 Å². The number of ether oxygens (including phenoxy) is 1. The number of carbonyl (C=O) groups is 2. The van der Waals surface area contributed by atoms with Gasteiger partial charge in [0, 0.05) is 45.8 Å². The molecule has 0 aliphatic rings. The minimum atomic E-state index is -0.353. The van der Waals surface area contributed by atoms with Crippen LogP contribution in [0.3, 0.4) is 0 Å². The predicted molar refractivity (Wildman–Crippen MR) is 78.4 cm³/mol. The van der Waals surface area contributed by atoms with Gasteiger partial charge in [-0.05, 0) is 30.7 Å². The Bertz CT molecular complexity index is 462. The van der Waals surface area contributed by atoms with Crippen molar-refractivity contribution in [3.63, 3.8) is 0 Å². The van der Waals surface area contributed by atoms with Gasteiger partial charge in [-0.15, -0.1) is 0 Å². The number of hydrogen-bond donors (Lipinski definition) is 1. The average Bonchev–Trinajstić information content (AvgIpc) is 2.44. The van der Waals surface area contributed by atoms with E-state index in [9.17, 15) is 14.0 Å². The molecule has 0 heterocycles. The lowest BCUT2D eigenvalue weighted by atomic mass is 10.3. The zero-order valence-corrected chi connectivity index (χ0v) is 12.4. The van der Waals surface area contributed by atoms with E-state index in [1.165, 1.54) is 31.2 Å². The maximum absolute atomic E-state index is 12.7. The van der Waals surface area contributed by atoms with Crippen LogP contribution >= 0.6 is 0 Å². The molecule has 1 aromatic rings. The van der Waals surface area contributed by atoms with Gasteiger partial charge in [0.05, 0.1) is 0 Å². The minimum absolute atomic E-state index is 0.0688. The number of methoxy groups -OCH3 is 1. The molecule has 6 heteroatoms. The molecule has 1 aromatic carbocycles. The quantitative estimate of drug-likeness (QED) is 0.747. The average molecular weight is 296 g/mol. The summed E-state index contributed by atoms with van der Waals surface area (Å²) >= 11 is 0. The minimum Gasteiger partial charge on any atom is -0.385 e. The van der Waals surface area contributed by atoms with Gasteiger partial charge in [0.2, 0.25) is 11.8 Å². The van der Waals surface area contributed by atoms with E-state index in [4.69, 9.17) is 4.74 Å². The zero-order chi connectivity index (χ0) is 15.7. The van der Waals surface area contributed by atoms with Gasteiger partial charge < -0.3 is 15.0 Å². The summed E-state index contributed by atoms with van der Waals surface area (Å²) in [5.74, 6) is -0.630. The van der Waals surface area contributed by atoms with Crippen LogP contribution in [0.25, 0.3) is 0 Å². The molecule has 5 nitrogen and oxygen atoms in total. The maximum atomic E-state index is 12.7. The molecule has 21 heavy (non-hydrogen) atoms. The third-order valence-corrected chi connectivity index (χ3v) is 2.96. The van der Waals surface area contributed by atoms with Crippen molar-refractivity contribution in [2.24, 2.45) is 0 Å². The monoisotopic (exact) mass is 296 g/mol. The summed E-state index contributed by atoms with van der Waals surface area (Å²) in [5, 5.41) is 2.66. The number of amides is 2. The number of hydrogen-bond acceptors (Lipinski definition) is 3. The Kier molecular flexibility index (Phi) is 7.39. The second-order valence-corrected chi connectivity index (χ2v) is 4.66. The first-order valence-electron chi connectivity index (χ1n) is 6.83. The van der Waals surface area contributed by atoms with E-state index in [2.05, 4.69) is 5.32 Å². The van der Waals surface area contributed by atoms with Gasteiger partial charge in [0.1, 0.15) is 5.82 Å². The molecule has 1 rings (SSSR count). The molecule has 0 spiro atoms. The van der Waals surface area contributed by atoms with E-state index in [0.29, 0.717) is 25.4 Å². The highest BCUT2D eigenvalue weighted by Gasteiger charge is 2.11. The van der Waals surface area contributed by atoms with Crippen molar-refractivity contribution in [1.29, 1.82) is 0 Å². The predicted octanol–water partition coefficient (Wildman–Crippen LogP) is 2.04. The zero-order valence-electron chi connectivity index (χ0n) is 12.4. The fraction of sp³-hybridized carbons (Fsp3) is 0.467.